The third-order valence-electron chi connectivity index (χ3n) is 2.37. The standard InChI is InChI=1S/C10H14N2/c1-3-12-10-7-5-4-6-9(10)8(2)11-12/h6-7H,3-5H2,1-2H3. The lowest BCUT2D eigenvalue weighted by atomic mass is 10.1. The van der Waals surface area contributed by atoms with Gasteiger partial charge in [0.25, 0.3) is 0 Å². The largest absolute Gasteiger partial charge is 0.265 e. The molecule has 0 spiro atoms. The Labute approximate surface area is 72.2 Å². The molecular weight excluding hydrogens is 148 g/mol. The second kappa shape index (κ2) is 2.77. The van der Waals surface area contributed by atoms with Crippen molar-refractivity contribution in [1.82, 2.24) is 9.78 Å². The maximum absolute atomic E-state index is 4.46. The molecule has 1 aliphatic carbocycles. The number of hydrogen-bond donors (Lipinski definition) is 0. The zero-order chi connectivity index (χ0) is 8.55. The highest BCUT2D eigenvalue weighted by Crippen LogP contribution is 1.95. The van der Waals surface area contributed by atoms with Crippen molar-refractivity contribution < 1.29 is 0 Å². The molecule has 2 rings (SSSR count). The lowest BCUT2D eigenvalue weighted by Gasteiger charge is -1.97. The normalized spacial score (nSPS) is 14.8. The molecular formula is C10H14N2. The molecule has 0 amide bonds. The molecule has 2 nitrogen and oxygen atoms in total. The van der Waals surface area contributed by atoms with Gasteiger partial charge in [0, 0.05) is 11.8 Å². The van der Waals surface area contributed by atoms with Crippen LogP contribution in [0.3, 0.4) is 0 Å². The lowest BCUT2D eigenvalue weighted by molar-refractivity contribution is 0.633. The van der Waals surface area contributed by atoms with E-state index in [2.05, 4.69) is 35.8 Å². The predicted octanol–water partition coefficient (Wildman–Crippen LogP) is 0.566. The van der Waals surface area contributed by atoms with Crippen LogP contribution < -0.4 is 10.6 Å². The van der Waals surface area contributed by atoms with Gasteiger partial charge in [-0.15, -0.1) is 0 Å². The van der Waals surface area contributed by atoms with E-state index >= 15 is 0 Å². The summed E-state index contributed by atoms with van der Waals surface area (Å²) in [5, 5.41) is 7.14. The summed E-state index contributed by atoms with van der Waals surface area (Å²) >= 11 is 0. The molecule has 0 N–H and O–H groups in total. The van der Waals surface area contributed by atoms with E-state index in [1.807, 2.05) is 0 Å². The molecule has 0 unspecified atom stereocenters. The number of fused-ring (bicyclic) bond motifs is 1. The summed E-state index contributed by atoms with van der Waals surface area (Å²) in [4.78, 5) is 0. The minimum Gasteiger partial charge on any atom is -0.265 e. The van der Waals surface area contributed by atoms with Crippen LogP contribution in [0.2, 0.25) is 0 Å². The summed E-state index contributed by atoms with van der Waals surface area (Å²) in [7, 11) is 0. The number of hydrogen-bond acceptors (Lipinski definition) is 1. The first-order valence-electron chi connectivity index (χ1n) is 4.56. The van der Waals surface area contributed by atoms with Crippen LogP contribution in [-0.2, 0) is 6.54 Å². The second-order valence-corrected chi connectivity index (χ2v) is 3.19. The van der Waals surface area contributed by atoms with E-state index in [0.29, 0.717) is 0 Å². The Kier molecular flexibility index (Phi) is 1.75. The molecule has 1 heterocycles. The molecule has 0 bridgehead atoms. The first kappa shape index (κ1) is 7.59. The van der Waals surface area contributed by atoms with Crippen molar-refractivity contribution in [2.75, 3.05) is 0 Å². The number of aryl methyl sites for hydroxylation is 2. The van der Waals surface area contributed by atoms with Crippen LogP contribution in [0.25, 0.3) is 12.2 Å². The molecule has 1 aliphatic rings. The summed E-state index contributed by atoms with van der Waals surface area (Å²) in [6, 6.07) is 0. The molecule has 1 aromatic rings. The van der Waals surface area contributed by atoms with Crippen molar-refractivity contribution >= 4 is 12.2 Å². The summed E-state index contributed by atoms with van der Waals surface area (Å²) < 4.78 is 2.08. The Hall–Kier alpha value is -1.05. The van der Waals surface area contributed by atoms with Crippen molar-refractivity contribution in [3.05, 3.63) is 16.3 Å². The molecule has 0 saturated carbocycles. The van der Waals surface area contributed by atoms with E-state index in [9.17, 15) is 0 Å². The van der Waals surface area contributed by atoms with Crippen molar-refractivity contribution in [2.24, 2.45) is 0 Å². The Balaban J connectivity index is 2.80. The minimum absolute atomic E-state index is 0.973. The van der Waals surface area contributed by atoms with Gasteiger partial charge in [0.15, 0.2) is 0 Å². The van der Waals surface area contributed by atoms with Gasteiger partial charge in [-0.2, -0.15) is 5.10 Å². The fourth-order valence-electron chi connectivity index (χ4n) is 1.77. The second-order valence-electron chi connectivity index (χ2n) is 3.19. The highest BCUT2D eigenvalue weighted by atomic mass is 15.3. The monoisotopic (exact) mass is 162 g/mol. The zero-order valence-corrected chi connectivity index (χ0v) is 7.67. The van der Waals surface area contributed by atoms with Crippen LogP contribution in [0.5, 0.6) is 0 Å². The Bertz CT molecular complexity index is 398. The molecule has 1 aromatic heterocycles. The highest BCUT2D eigenvalue weighted by Gasteiger charge is 2.03. The quantitative estimate of drug-likeness (QED) is 0.590. The molecule has 0 fully saturated rings. The van der Waals surface area contributed by atoms with Gasteiger partial charge in [-0.3, -0.25) is 4.68 Å². The van der Waals surface area contributed by atoms with Crippen molar-refractivity contribution in [3.63, 3.8) is 0 Å². The smallest absolute Gasteiger partial charge is 0.0669 e. The van der Waals surface area contributed by atoms with Crippen LogP contribution in [-0.4, -0.2) is 9.78 Å². The maximum Gasteiger partial charge on any atom is 0.0669 e. The molecule has 0 aromatic carbocycles. The number of aromatic nitrogens is 2. The van der Waals surface area contributed by atoms with E-state index < -0.39 is 0 Å². The molecule has 12 heavy (non-hydrogen) atoms. The third-order valence-corrected chi connectivity index (χ3v) is 2.37. The molecule has 0 saturated heterocycles. The summed E-state index contributed by atoms with van der Waals surface area (Å²) in [6.07, 6.45) is 6.92. The average molecular weight is 162 g/mol. The third kappa shape index (κ3) is 0.986. The van der Waals surface area contributed by atoms with Gasteiger partial charge in [-0.1, -0.05) is 12.2 Å². The van der Waals surface area contributed by atoms with E-state index in [1.54, 1.807) is 0 Å². The van der Waals surface area contributed by atoms with E-state index in [0.717, 1.165) is 13.0 Å². The van der Waals surface area contributed by atoms with E-state index in [4.69, 9.17) is 0 Å². The molecule has 0 radical (unpaired) electrons. The van der Waals surface area contributed by atoms with Gasteiger partial charge < -0.3 is 0 Å². The molecule has 0 atom stereocenters. The molecule has 64 valence electrons. The summed E-state index contributed by atoms with van der Waals surface area (Å²) in [5.41, 5.74) is 1.17. The maximum atomic E-state index is 4.46. The van der Waals surface area contributed by atoms with Gasteiger partial charge in [0.1, 0.15) is 0 Å². The first-order valence-corrected chi connectivity index (χ1v) is 4.56. The SMILES string of the molecule is CCn1nc(C)c2c1=CCCC=2. The predicted molar refractivity (Wildman–Crippen MR) is 50.1 cm³/mol. The summed E-state index contributed by atoms with van der Waals surface area (Å²) in [6.45, 7) is 5.19. The topological polar surface area (TPSA) is 17.8 Å². The average Bonchev–Trinajstić information content (AvgIpc) is 2.44. The first-order chi connectivity index (χ1) is 5.83. The molecule has 2 heteroatoms. The van der Waals surface area contributed by atoms with Crippen LogP contribution in [0, 0.1) is 6.92 Å². The van der Waals surface area contributed by atoms with Crippen molar-refractivity contribution in [2.45, 2.75) is 33.2 Å². The van der Waals surface area contributed by atoms with Gasteiger partial charge in [0.2, 0.25) is 0 Å². The Morgan fingerprint density at radius 3 is 2.92 bits per heavy atom. The summed E-state index contributed by atoms with van der Waals surface area (Å²) in [5.74, 6) is 0. The fraction of sp³-hybridized carbons (Fsp3) is 0.500. The Morgan fingerprint density at radius 2 is 2.17 bits per heavy atom. The van der Waals surface area contributed by atoms with Crippen LogP contribution in [0.4, 0.5) is 0 Å². The fourth-order valence-corrected chi connectivity index (χ4v) is 1.77. The van der Waals surface area contributed by atoms with E-state index in [1.165, 1.54) is 22.7 Å². The number of rotatable bonds is 1. The molecule has 0 aliphatic heterocycles. The van der Waals surface area contributed by atoms with Crippen molar-refractivity contribution in [3.8, 4) is 0 Å². The van der Waals surface area contributed by atoms with Crippen LogP contribution >= 0.6 is 0 Å². The van der Waals surface area contributed by atoms with Crippen molar-refractivity contribution in [1.29, 1.82) is 0 Å². The lowest BCUT2D eigenvalue weighted by Crippen LogP contribution is -2.31. The number of nitrogens with zero attached hydrogens (tertiary/aromatic N) is 2. The minimum atomic E-state index is 0.973. The van der Waals surface area contributed by atoms with Crippen LogP contribution in [0.15, 0.2) is 0 Å². The highest BCUT2D eigenvalue weighted by molar-refractivity contribution is 5.37. The van der Waals surface area contributed by atoms with Crippen LogP contribution in [0.1, 0.15) is 25.5 Å². The van der Waals surface area contributed by atoms with Gasteiger partial charge in [-0.05, 0) is 26.7 Å². The van der Waals surface area contributed by atoms with Gasteiger partial charge in [0.05, 0.1) is 11.0 Å². The zero-order valence-electron chi connectivity index (χ0n) is 7.67. The Morgan fingerprint density at radius 1 is 1.42 bits per heavy atom. The van der Waals surface area contributed by atoms with Gasteiger partial charge in [-0.25, -0.2) is 0 Å². The van der Waals surface area contributed by atoms with E-state index in [-0.39, 0.29) is 0 Å². The van der Waals surface area contributed by atoms with Gasteiger partial charge >= 0.3 is 0 Å².